The summed E-state index contributed by atoms with van der Waals surface area (Å²) < 4.78 is 10.0. The molecule has 19 aromatic rings. The van der Waals surface area contributed by atoms with Gasteiger partial charge in [0.05, 0.1) is 66.9 Å². The molecule has 0 N–H and O–H groups in total. The molecule has 4 aliphatic heterocycles. The smallest absolute Gasteiger partial charge is 0.252 e. The van der Waals surface area contributed by atoms with Crippen molar-refractivity contribution in [2.75, 3.05) is 19.6 Å². The van der Waals surface area contributed by atoms with Gasteiger partial charge in [-0.15, -0.1) is 0 Å². The summed E-state index contributed by atoms with van der Waals surface area (Å²) >= 11 is 0. The van der Waals surface area contributed by atoms with Crippen molar-refractivity contribution in [2.24, 2.45) is 5.92 Å². The normalized spacial score (nSPS) is 16.4. The third-order valence-corrected chi connectivity index (χ3v) is 24.4. The van der Waals surface area contributed by atoms with Crippen molar-refractivity contribution in [1.29, 1.82) is 0 Å². The molecule has 2 bridgehead atoms. The molecule has 1 radical (unpaired) electrons. The van der Waals surface area contributed by atoms with E-state index < -0.39 is 0 Å². The SMILES string of the molecule is CC1C=CC(N2/C3=C/C(n4c5ccccc5c5cc6c7ccccc7n(-c7ccccc7)c6cc54)=C\C(=C\[B]c4ccccc42)N(c2ccccc2)c2cc4c(cc23)B2c3ccccc3N(c3ccccc3)c3cc(-n5c6ccccc6c6cc7c8ccccc8n(-c8ccccc8)c7cc65)cc(c32)N4c2ccccc2)=CC1. The number of rotatable bonds is 8. The molecule has 527 valence electrons. The predicted molar refractivity (Wildman–Crippen MR) is 477 cm³/mol. The van der Waals surface area contributed by atoms with Gasteiger partial charge >= 0.3 is 0 Å². The summed E-state index contributed by atoms with van der Waals surface area (Å²) in [6, 6.07) is 129. The number of hydrogen-bond donors (Lipinski definition) is 0. The van der Waals surface area contributed by atoms with Crippen LogP contribution in [0.5, 0.6) is 0 Å². The monoisotopic (exact) mass is 1440 g/mol. The van der Waals surface area contributed by atoms with E-state index in [1.54, 1.807) is 0 Å². The summed E-state index contributed by atoms with van der Waals surface area (Å²) in [5, 5.41) is 9.66. The van der Waals surface area contributed by atoms with Crippen LogP contribution in [0.4, 0.5) is 51.2 Å². The quantitative estimate of drug-likeness (QED) is 0.142. The zero-order valence-corrected chi connectivity index (χ0v) is 61.9. The average Bonchev–Trinajstić information content (AvgIpc) is 0.961. The maximum atomic E-state index is 2.62. The first-order chi connectivity index (χ1) is 56.0. The van der Waals surface area contributed by atoms with Crippen LogP contribution in [0.1, 0.15) is 18.9 Å². The Morgan fingerprint density at radius 1 is 0.292 bits per heavy atom. The van der Waals surface area contributed by atoms with Gasteiger partial charge in [-0.05, 0) is 186 Å². The molecule has 8 heterocycles. The van der Waals surface area contributed by atoms with Crippen molar-refractivity contribution in [2.45, 2.75) is 13.3 Å². The second kappa shape index (κ2) is 24.8. The van der Waals surface area contributed by atoms with Gasteiger partial charge in [-0.3, -0.25) is 0 Å². The minimum Gasteiger partial charge on any atom is -0.311 e. The van der Waals surface area contributed by atoms with Gasteiger partial charge in [-0.25, -0.2) is 0 Å². The number of fused-ring (bicyclic) bond motifs is 21. The van der Waals surface area contributed by atoms with Gasteiger partial charge in [0, 0.05) is 117 Å². The molecule has 5 aliphatic rings. The van der Waals surface area contributed by atoms with Crippen LogP contribution >= 0.6 is 0 Å². The lowest BCUT2D eigenvalue weighted by molar-refractivity contribution is 0.729. The molecule has 0 saturated heterocycles. The number of aromatic nitrogens is 4. The summed E-state index contributed by atoms with van der Waals surface area (Å²) in [4.78, 5) is 10.3. The summed E-state index contributed by atoms with van der Waals surface area (Å²) in [6.45, 7) is 2.06. The number of nitrogens with zero attached hydrogens (tertiary/aromatic N) is 8. The molecule has 0 saturated carbocycles. The van der Waals surface area contributed by atoms with Crippen molar-refractivity contribution in [3.8, 4) is 17.1 Å². The first kappa shape index (κ1) is 63.5. The molecule has 113 heavy (non-hydrogen) atoms. The van der Waals surface area contributed by atoms with Gasteiger partial charge in [0.1, 0.15) is 0 Å². The lowest BCUT2D eigenvalue weighted by Gasteiger charge is -2.45. The van der Waals surface area contributed by atoms with Crippen molar-refractivity contribution in [3.63, 3.8) is 0 Å². The zero-order chi connectivity index (χ0) is 74.1. The van der Waals surface area contributed by atoms with Crippen LogP contribution in [-0.2, 0) is 0 Å². The molecule has 1 aliphatic carbocycles. The lowest BCUT2D eigenvalue weighted by atomic mass is 9.33. The Bertz CT molecular complexity index is 7410. The molecule has 0 fully saturated rings. The van der Waals surface area contributed by atoms with Crippen LogP contribution in [0.25, 0.3) is 116 Å². The maximum Gasteiger partial charge on any atom is 0.252 e. The van der Waals surface area contributed by atoms with Crippen LogP contribution in [0.15, 0.2) is 394 Å². The van der Waals surface area contributed by atoms with E-state index in [-0.39, 0.29) is 6.71 Å². The summed E-state index contributed by atoms with van der Waals surface area (Å²) in [7, 11) is 2.35. The van der Waals surface area contributed by atoms with Gasteiger partial charge in [0.25, 0.3) is 6.71 Å². The molecular formula is C103H69B2N8. The molecule has 4 aromatic heterocycles. The van der Waals surface area contributed by atoms with Gasteiger partial charge < -0.3 is 37.9 Å². The second-order valence-corrected chi connectivity index (χ2v) is 30.6. The van der Waals surface area contributed by atoms with Crippen LogP contribution < -0.4 is 41.5 Å². The van der Waals surface area contributed by atoms with E-state index in [1.165, 1.54) is 70.5 Å². The standard InChI is InChI=1S/C103H69B2N8/c1-66-51-53-72(54-52-66)109-92-49-27-21-43-85(92)104-65-75-55-73(112-90-47-25-19-41-78(90)82-59-80-76-39-17-23-45-88(76)107(95(80)62-97(82)112)68-31-9-3-10-32-68)56-94(109)84-61-87-100(64-99(84)106(75)67-29-7-2-8-30-67)111(71-37-15-6-16-38-71)102-58-74(57-101-103(102)105(87)86-44-22-28-50-93(86)110(101)70-35-13-5-14-36-70)113-91-48-26-20-42-79(91)83-60-81-77-40-18-24-46-89(77)108(96(81)63-98(83)113)69-33-11-4-12-34-69/h2-51,53-66H,52H2,1H3/b73-55+,75-65-,94-56+. The number of para-hydroxylation sites is 11. The predicted octanol–water partition coefficient (Wildman–Crippen LogP) is 23.4. The van der Waals surface area contributed by atoms with Crippen molar-refractivity contribution >= 4 is 186 Å². The van der Waals surface area contributed by atoms with E-state index in [0.717, 1.165) is 142 Å². The number of hydrogen-bond acceptors (Lipinski definition) is 4. The minimum atomic E-state index is -0.264. The largest absolute Gasteiger partial charge is 0.311 e. The zero-order valence-electron chi connectivity index (χ0n) is 61.9. The third-order valence-electron chi connectivity index (χ3n) is 24.4. The van der Waals surface area contributed by atoms with Gasteiger partial charge in [-0.1, -0.05) is 237 Å². The molecule has 8 nitrogen and oxygen atoms in total. The Morgan fingerprint density at radius 2 is 0.726 bits per heavy atom. The molecule has 1 atom stereocenters. The molecule has 15 aromatic carbocycles. The van der Waals surface area contributed by atoms with Crippen molar-refractivity contribution in [3.05, 3.63) is 399 Å². The Balaban J connectivity index is 0.827. The maximum absolute atomic E-state index is 2.62. The average molecular weight is 1440 g/mol. The van der Waals surface area contributed by atoms with Gasteiger partial charge in [0.15, 0.2) is 7.28 Å². The van der Waals surface area contributed by atoms with E-state index in [1.807, 2.05) is 0 Å². The first-order valence-electron chi connectivity index (χ1n) is 39.3. The Labute approximate surface area is 654 Å². The van der Waals surface area contributed by atoms with Crippen LogP contribution in [-0.4, -0.2) is 32.3 Å². The van der Waals surface area contributed by atoms with Crippen LogP contribution in [0.2, 0.25) is 0 Å². The van der Waals surface area contributed by atoms with Gasteiger partial charge in [0.2, 0.25) is 0 Å². The highest BCUT2D eigenvalue weighted by Gasteiger charge is 2.46. The van der Waals surface area contributed by atoms with E-state index in [4.69, 9.17) is 0 Å². The first-order valence-corrected chi connectivity index (χ1v) is 39.3. The third kappa shape index (κ3) is 9.47. The summed E-state index contributed by atoms with van der Waals surface area (Å²) in [5.41, 5.74) is 32.3. The molecule has 1 unspecified atom stereocenters. The number of benzene rings is 15. The number of anilines is 9. The molecule has 0 amide bonds. The molecule has 24 rings (SSSR count). The van der Waals surface area contributed by atoms with Crippen molar-refractivity contribution in [1.82, 2.24) is 18.3 Å². The highest BCUT2D eigenvalue weighted by Crippen LogP contribution is 2.53. The Kier molecular flexibility index (Phi) is 13.9. The van der Waals surface area contributed by atoms with E-state index in [2.05, 4.69) is 434 Å². The second-order valence-electron chi connectivity index (χ2n) is 30.6. The van der Waals surface area contributed by atoms with Crippen LogP contribution in [0.3, 0.4) is 0 Å². The fourth-order valence-corrected chi connectivity index (χ4v) is 19.5. The van der Waals surface area contributed by atoms with Crippen molar-refractivity contribution < 1.29 is 0 Å². The molecular weight excluding hydrogens is 1370 g/mol. The molecule has 0 spiro atoms. The van der Waals surface area contributed by atoms with E-state index >= 15 is 0 Å². The summed E-state index contributed by atoms with van der Waals surface area (Å²) in [5.74, 6) is 2.74. The van der Waals surface area contributed by atoms with E-state index in [9.17, 15) is 0 Å². The van der Waals surface area contributed by atoms with Crippen LogP contribution in [0, 0.1) is 5.92 Å². The fraction of sp³-hybridized carbons (Fsp3) is 0.0291. The Hall–Kier alpha value is -14.5. The fourth-order valence-electron chi connectivity index (χ4n) is 19.5. The highest BCUT2D eigenvalue weighted by atomic mass is 15.2. The number of allylic oxidation sites excluding steroid dienone is 6. The van der Waals surface area contributed by atoms with E-state index in [0.29, 0.717) is 5.92 Å². The Morgan fingerprint density at radius 3 is 1.25 bits per heavy atom. The van der Waals surface area contributed by atoms with Gasteiger partial charge in [-0.2, -0.15) is 0 Å². The molecule has 10 heteroatoms. The lowest BCUT2D eigenvalue weighted by Crippen LogP contribution is -2.61. The summed E-state index contributed by atoms with van der Waals surface area (Å²) in [6.07, 6.45) is 13.1. The topological polar surface area (TPSA) is 32.7 Å². The highest BCUT2D eigenvalue weighted by molar-refractivity contribution is 7.00. The minimum absolute atomic E-state index is 0.264.